The Balaban J connectivity index is 1.63. The molecular formula is C14H15FN4O2. The van der Waals surface area contributed by atoms with Crippen LogP contribution in [0.1, 0.15) is 18.7 Å². The largest absolute Gasteiger partial charge is 0.334 e. The van der Waals surface area contributed by atoms with Gasteiger partial charge in [-0.05, 0) is 25.0 Å². The Kier molecular flexibility index (Phi) is 3.81. The van der Waals surface area contributed by atoms with E-state index in [9.17, 15) is 9.18 Å². The molecule has 0 spiro atoms. The quantitative estimate of drug-likeness (QED) is 0.940. The Labute approximate surface area is 120 Å². The monoisotopic (exact) mass is 290 g/mol. The van der Waals surface area contributed by atoms with Crippen molar-refractivity contribution in [2.45, 2.75) is 19.4 Å². The Bertz CT molecular complexity index is 637. The highest BCUT2D eigenvalue weighted by atomic mass is 19.1. The molecule has 1 N–H and O–H groups in total. The van der Waals surface area contributed by atoms with E-state index in [-0.39, 0.29) is 24.0 Å². The molecule has 0 saturated carbocycles. The summed E-state index contributed by atoms with van der Waals surface area (Å²) in [7, 11) is 0. The van der Waals surface area contributed by atoms with Crippen LogP contribution >= 0.6 is 0 Å². The summed E-state index contributed by atoms with van der Waals surface area (Å²) in [4.78, 5) is 17.7. The summed E-state index contributed by atoms with van der Waals surface area (Å²) in [6.45, 7) is 1.71. The van der Waals surface area contributed by atoms with E-state index in [0.29, 0.717) is 5.82 Å². The van der Waals surface area contributed by atoms with Gasteiger partial charge in [0.25, 0.3) is 5.89 Å². The van der Waals surface area contributed by atoms with Gasteiger partial charge in [0.15, 0.2) is 5.82 Å². The number of amides is 2. The summed E-state index contributed by atoms with van der Waals surface area (Å²) in [5.74, 6) is 0.00752. The van der Waals surface area contributed by atoms with Crippen LogP contribution in [0.2, 0.25) is 0 Å². The van der Waals surface area contributed by atoms with Crippen molar-refractivity contribution in [1.82, 2.24) is 20.4 Å². The summed E-state index contributed by atoms with van der Waals surface area (Å²) in [5, 5.41) is 6.47. The number of nitrogens with zero attached hydrogens (tertiary/aromatic N) is 3. The fourth-order valence-corrected chi connectivity index (χ4v) is 2.26. The van der Waals surface area contributed by atoms with E-state index in [1.807, 2.05) is 0 Å². The molecule has 2 heterocycles. The van der Waals surface area contributed by atoms with Crippen LogP contribution in [0.15, 0.2) is 28.8 Å². The molecule has 1 saturated heterocycles. The molecular weight excluding hydrogens is 275 g/mol. The highest BCUT2D eigenvalue weighted by Crippen LogP contribution is 2.20. The van der Waals surface area contributed by atoms with Crippen LogP contribution in [0.3, 0.4) is 0 Å². The third-order valence-electron chi connectivity index (χ3n) is 3.36. The first-order chi connectivity index (χ1) is 10.2. The first-order valence-electron chi connectivity index (χ1n) is 6.84. The minimum absolute atomic E-state index is 0.110. The van der Waals surface area contributed by atoms with Crippen molar-refractivity contribution in [2.24, 2.45) is 0 Å². The number of likely N-dealkylation sites (tertiary alicyclic amines) is 1. The number of hydrogen-bond acceptors (Lipinski definition) is 4. The van der Waals surface area contributed by atoms with Crippen molar-refractivity contribution >= 4 is 6.03 Å². The van der Waals surface area contributed by atoms with E-state index >= 15 is 0 Å². The molecule has 0 unspecified atom stereocenters. The molecule has 1 aliphatic heterocycles. The summed E-state index contributed by atoms with van der Waals surface area (Å²) in [6, 6.07) is 6.04. The average molecular weight is 290 g/mol. The maximum Gasteiger partial charge on any atom is 0.317 e. The Hall–Kier alpha value is -2.44. The van der Waals surface area contributed by atoms with Gasteiger partial charge in [0.1, 0.15) is 5.82 Å². The number of hydrogen-bond donors (Lipinski definition) is 1. The van der Waals surface area contributed by atoms with Crippen molar-refractivity contribution in [2.75, 3.05) is 13.1 Å². The molecule has 0 aliphatic carbocycles. The molecule has 1 aromatic carbocycles. The Morgan fingerprint density at radius 2 is 2.10 bits per heavy atom. The predicted octanol–water partition coefficient (Wildman–Crippen LogP) is 2.18. The van der Waals surface area contributed by atoms with E-state index in [0.717, 1.165) is 25.9 Å². The lowest BCUT2D eigenvalue weighted by molar-refractivity contribution is 0.208. The minimum atomic E-state index is -0.422. The second-order valence-corrected chi connectivity index (χ2v) is 4.85. The van der Waals surface area contributed by atoms with Gasteiger partial charge in [0.2, 0.25) is 0 Å². The minimum Gasteiger partial charge on any atom is -0.334 e. The third kappa shape index (κ3) is 3.01. The zero-order chi connectivity index (χ0) is 14.7. The fraction of sp³-hybridized carbons (Fsp3) is 0.357. The molecule has 2 amide bonds. The number of nitrogens with one attached hydrogen (secondary N) is 1. The summed E-state index contributed by atoms with van der Waals surface area (Å²) < 4.78 is 18.6. The maximum atomic E-state index is 13.6. The molecule has 2 aromatic rings. The van der Waals surface area contributed by atoms with Gasteiger partial charge in [0.05, 0.1) is 12.1 Å². The first-order valence-corrected chi connectivity index (χ1v) is 6.84. The van der Waals surface area contributed by atoms with Gasteiger partial charge in [-0.25, -0.2) is 9.18 Å². The zero-order valence-corrected chi connectivity index (χ0v) is 11.4. The van der Waals surface area contributed by atoms with Crippen molar-refractivity contribution in [1.29, 1.82) is 0 Å². The van der Waals surface area contributed by atoms with Crippen LogP contribution in [-0.4, -0.2) is 34.2 Å². The molecule has 110 valence electrons. The average Bonchev–Trinajstić information content (AvgIpc) is 3.17. The van der Waals surface area contributed by atoms with Crippen molar-refractivity contribution in [3.8, 4) is 11.5 Å². The van der Waals surface area contributed by atoms with Crippen molar-refractivity contribution in [3.05, 3.63) is 35.9 Å². The summed E-state index contributed by atoms with van der Waals surface area (Å²) in [6.07, 6.45) is 2.07. The Morgan fingerprint density at radius 3 is 2.86 bits per heavy atom. The smallest absolute Gasteiger partial charge is 0.317 e. The summed E-state index contributed by atoms with van der Waals surface area (Å²) in [5.41, 5.74) is 0.252. The molecule has 7 heteroatoms. The normalized spacial score (nSPS) is 14.4. The molecule has 1 fully saturated rings. The van der Waals surface area contributed by atoms with Gasteiger partial charge in [-0.15, -0.1) is 0 Å². The van der Waals surface area contributed by atoms with E-state index < -0.39 is 5.82 Å². The second-order valence-electron chi connectivity index (χ2n) is 4.85. The highest BCUT2D eigenvalue weighted by molar-refractivity contribution is 5.74. The molecule has 0 atom stereocenters. The Morgan fingerprint density at radius 1 is 1.33 bits per heavy atom. The lowest BCUT2D eigenvalue weighted by Gasteiger charge is -2.14. The van der Waals surface area contributed by atoms with Gasteiger partial charge in [-0.3, -0.25) is 0 Å². The standard InChI is InChI=1S/C14H15FN4O2/c15-11-6-2-1-5-10(11)13-17-12(18-21-13)9-16-14(20)19-7-3-4-8-19/h1-2,5-6H,3-4,7-9H2,(H,16,20). The molecule has 3 rings (SSSR count). The van der Waals surface area contributed by atoms with E-state index in [2.05, 4.69) is 15.5 Å². The number of aromatic nitrogens is 2. The van der Waals surface area contributed by atoms with Gasteiger partial charge in [-0.1, -0.05) is 17.3 Å². The van der Waals surface area contributed by atoms with E-state index in [4.69, 9.17) is 4.52 Å². The maximum absolute atomic E-state index is 13.6. The second kappa shape index (κ2) is 5.90. The molecule has 0 radical (unpaired) electrons. The predicted molar refractivity (Wildman–Crippen MR) is 72.7 cm³/mol. The SMILES string of the molecule is O=C(NCc1noc(-c2ccccc2F)n1)N1CCCC1. The highest BCUT2D eigenvalue weighted by Gasteiger charge is 2.18. The lowest BCUT2D eigenvalue weighted by atomic mass is 10.2. The van der Waals surface area contributed by atoms with Crippen LogP contribution in [0.4, 0.5) is 9.18 Å². The molecule has 1 aliphatic rings. The third-order valence-corrected chi connectivity index (χ3v) is 3.36. The molecule has 6 nitrogen and oxygen atoms in total. The van der Waals surface area contributed by atoms with Crippen LogP contribution in [-0.2, 0) is 6.54 Å². The van der Waals surface area contributed by atoms with Gasteiger partial charge in [0, 0.05) is 13.1 Å². The van der Waals surface area contributed by atoms with Gasteiger partial charge in [-0.2, -0.15) is 4.98 Å². The summed E-state index contributed by atoms with van der Waals surface area (Å²) >= 11 is 0. The topological polar surface area (TPSA) is 71.3 Å². The number of benzene rings is 1. The number of rotatable bonds is 3. The molecule has 1 aromatic heterocycles. The first kappa shape index (κ1) is 13.5. The molecule has 0 bridgehead atoms. The van der Waals surface area contributed by atoms with Crippen LogP contribution in [0, 0.1) is 5.82 Å². The van der Waals surface area contributed by atoms with Gasteiger partial charge < -0.3 is 14.7 Å². The van der Waals surface area contributed by atoms with Crippen molar-refractivity contribution in [3.63, 3.8) is 0 Å². The fourth-order valence-electron chi connectivity index (χ4n) is 2.26. The van der Waals surface area contributed by atoms with Crippen LogP contribution < -0.4 is 5.32 Å². The zero-order valence-electron chi connectivity index (χ0n) is 11.4. The van der Waals surface area contributed by atoms with Crippen LogP contribution in [0.25, 0.3) is 11.5 Å². The number of halogens is 1. The number of carbonyl (C=O) groups excluding carboxylic acids is 1. The van der Waals surface area contributed by atoms with Crippen LogP contribution in [0.5, 0.6) is 0 Å². The van der Waals surface area contributed by atoms with E-state index in [1.54, 1.807) is 23.1 Å². The van der Waals surface area contributed by atoms with E-state index in [1.165, 1.54) is 6.07 Å². The van der Waals surface area contributed by atoms with Crippen molar-refractivity contribution < 1.29 is 13.7 Å². The lowest BCUT2D eigenvalue weighted by Crippen LogP contribution is -2.37. The van der Waals surface area contributed by atoms with Gasteiger partial charge >= 0.3 is 6.03 Å². The molecule has 21 heavy (non-hydrogen) atoms. The number of urea groups is 1. The number of carbonyl (C=O) groups is 1.